The fourth-order valence-corrected chi connectivity index (χ4v) is 1.40. The van der Waals surface area contributed by atoms with Gasteiger partial charge in [-0.05, 0) is 51.4 Å². The Balaban J connectivity index is 2.70. The van der Waals surface area contributed by atoms with Gasteiger partial charge < -0.3 is 11.1 Å². The maximum Gasteiger partial charge on any atom is 0.251 e. The highest BCUT2D eigenvalue weighted by Gasteiger charge is 2.14. The third kappa shape index (κ3) is 4.03. The Morgan fingerprint density at radius 1 is 1.25 bits per heavy atom. The fourth-order valence-electron chi connectivity index (χ4n) is 1.40. The number of carbonyl (C=O) groups is 1. The molecule has 0 saturated heterocycles. The third-order valence-corrected chi connectivity index (χ3v) is 2.14. The van der Waals surface area contributed by atoms with Crippen molar-refractivity contribution in [1.82, 2.24) is 5.32 Å². The molecule has 1 aromatic rings. The van der Waals surface area contributed by atoms with Crippen LogP contribution in [-0.2, 0) is 6.42 Å². The van der Waals surface area contributed by atoms with Gasteiger partial charge in [-0.1, -0.05) is 12.1 Å². The first kappa shape index (κ1) is 12.7. The number of hydrogen-bond acceptors (Lipinski definition) is 2. The van der Waals surface area contributed by atoms with E-state index in [0.29, 0.717) is 12.1 Å². The van der Waals surface area contributed by atoms with E-state index in [2.05, 4.69) is 5.32 Å². The lowest BCUT2D eigenvalue weighted by Crippen LogP contribution is -2.40. The zero-order chi connectivity index (χ0) is 12.2. The van der Waals surface area contributed by atoms with Crippen LogP contribution >= 0.6 is 0 Å². The summed E-state index contributed by atoms with van der Waals surface area (Å²) >= 11 is 0. The van der Waals surface area contributed by atoms with Gasteiger partial charge in [0.25, 0.3) is 5.91 Å². The average molecular weight is 220 g/mol. The van der Waals surface area contributed by atoms with Crippen LogP contribution in [0.25, 0.3) is 0 Å². The first-order valence-electron chi connectivity index (χ1n) is 5.54. The molecule has 0 bridgehead atoms. The molecule has 0 spiro atoms. The van der Waals surface area contributed by atoms with Crippen LogP contribution in [-0.4, -0.2) is 18.0 Å². The Labute approximate surface area is 97.0 Å². The summed E-state index contributed by atoms with van der Waals surface area (Å²) in [6, 6.07) is 7.58. The molecule has 1 rings (SSSR count). The van der Waals surface area contributed by atoms with Gasteiger partial charge in [-0.2, -0.15) is 0 Å². The summed E-state index contributed by atoms with van der Waals surface area (Å²) in [5.41, 5.74) is 7.11. The molecular weight excluding hydrogens is 200 g/mol. The minimum atomic E-state index is -0.201. The van der Waals surface area contributed by atoms with Gasteiger partial charge in [-0.15, -0.1) is 0 Å². The van der Waals surface area contributed by atoms with Crippen molar-refractivity contribution in [3.05, 3.63) is 35.4 Å². The van der Waals surface area contributed by atoms with E-state index in [1.54, 1.807) is 0 Å². The highest BCUT2D eigenvalue weighted by atomic mass is 16.1. The number of nitrogens with two attached hydrogens (primary N) is 1. The second-order valence-electron chi connectivity index (χ2n) is 4.94. The third-order valence-electron chi connectivity index (χ3n) is 2.14. The predicted molar refractivity (Wildman–Crippen MR) is 66.4 cm³/mol. The first-order valence-corrected chi connectivity index (χ1v) is 5.54. The van der Waals surface area contributed by atoms with Crippen LogP contribution in [0.15, 0.2) is 24.3 Å². The molecule has 0 saturated carbocycles. The van der Waals surface area contributed by atoms with E-state index >= 15 is 0 Å². The number of carbonyl (C=O) groups excluding carboxylic acids is 1. The lowest BCUT2D eigenvalue weighted by atomic mass is 10.1. The lowest BCUT2D eigenvalue weighted by molar-refractivity contribution is 0.0919. The maximum absolute atomic E-state index is 11.8. The van der Waals surface area contributed by atoms with E-state index in [1.165, 1.54) is 0 Å². The van der Waals surface area contributed by atoms with Crippen LogP contribution in [0.4, 0.5) is 0 Å². The summed E-state index contributed by atoms with van der Waals surface area (Å²) in [6.45, 7) is 6.53. The minimum Gasteiger partial charge on any atom is -0.347 e. The van der Waals surface area contributed by atoms with Gasteiger partial charge >= 0.3 is 0 Å². The fraction of sp³-hybridized carbons (Fsp3) is 0.462. The van der Waals surface area contributed by atoms with Gasteiger partial charge in [0.1, 0.15) is 0 Å². The van der Waals surface area contributed by atoms with Crippen molar-refractivity contribution in [3.63, 3.8) is 0 Å². The smallest absolute Gasteiger partial charge is 0.251 e. The largest absolute Gasteiger partial charge is 0.347 e. The maximum atomic E-state index is 11.8. The molecule has 1 amide bonds. The van der Waals surface area contributed by atoms with Crippen LogP contribution in [0.5, 0.6) is 0 Å². The topological polar surface area (TPSA) is 55.1 Å². The Morgan fingerprint density at radius 2 is 1.81 bits per heavy atom. The molecule has 1 aromatic carbocycles. The Morgan fingerprint density at radius 3 is 2.25 bits per heavy atom. The van der Waals surface area contributed by atoms with Crippen molar-refractivity contribution in [2.45, 2.75) is 32.7 Å². The van der Waals surface area contributed by atoms with Crippen molar-refractivity contribution in [3.8, 4) is 0 Å². The van der Waals surface area contributed by atoms with E-state index in [4.69, 9.17) is 5.73 Å². The van der Waals surface area contributed by atoms with Crippen LogP contribution in [0, 0.1) is 0 Å². The molecule has 0 heterocycles. The number of rotatable bonds is 3. The van der Waals surface area contributed by atoms with E-state index in [0.717, 1.165) is 12.0 Å². The highest BCUT2D eigenvalue weighted by Crippen LogP contribution is 2.07. The standard InChI is InChI=1S/C13H20N2O/c1-13(2,3)15-12(16)11-6-4-10(5-7-11)8-9-14/h4-7H,8-9,14H2,1-3H3,(H,15,16). The number of hydrogen-bond donors (Lipinski definition) is 2. The number of nitrogens with one attached hydrogen (secondary N) is 1. The van der Waals surface area contributed by atoms with Gasteiger partial charge in [0, 0.05) is 11.1 Å². The molecular formula is C13H20N2O. The van der Waals surface area contributed by atoms with E-state index < -0.39 is 0 Å². The van der Waals surface area contributed by atoms with E-state index in [1.807, 2.05) is 45.0 Å². The molecule has 0 fully saturated rings. The van der Waals surface area contributed by atoms with Crippen molar-refractivity contribution < 1.29 is 4.79 Å². The van der Waals surface area contributed by atoms with Gasteiger partial charge in [0.2, 0.25) is 0 Å². The Hall–Kier alpha value is -1.35. The molecule has 0 aliphatic carbocycles. The van der Waals surface area contributed by atoms with Gasteiger partial charge in [-0.25, -0.2) is 0 Å². The molecule has 0 radical (unpaired) electrons. The van der Waals surface area contributed by atoms with Crippen molar-refractivity contribution in [2.75, 3.05) is 6.54 Å². The second-order valence-corrected chi connectivity index (χ2v) is 4.94. The summed E-state index contributed by atoms with van der Waals surface area (Å²) in [5.74, 6) is -0.0354. The Kier molecular flexibility index (Phi) is 4.07. The summed E-state index contributed by atoms with van der Waals surface area (Å²) < 4.78 is 0. The zero-order valence-electron chi connectivity index (χ0n) is 10.2. The summed E-state index contributed by atoms with van der Waals surface area (Å²) in [6.07, 6.45) is 0.848. The zero-order valence-corrected chi connectivity index (χ0v) is 10.2. The molecule has 0 aromatic heterocycles. The average Bonchev–Trinajstić information content (AvgIpc) is 2.16. The normalized spacial score (nSPS) is 11.2. The minimum absolute atomic E-state index is 0.0354. The summed E-state index contributed by atoms with van der Waals surface area (Å²) in [4.78, 5) is 11.8. The van der Waals surface area contributed by atoms with Crippen LogP contribution in [0.3, 0.4) is 0 Å². The van der Waals surface area contributed by atoms with E-state index in [-0.39, 0.29) is 11.4 Å². The van der Waals surface area contributed by atoms with Crippen LogP contribution < -0.4 is 11.1 Å². The van der Waals surface area contributed by atoms with Crippen molar-refractivity contribution in [2.24, 2.45) is 5.73 Å². The van der Waals surface area contributed by atoms with Gasteiger partial charge in [0.15, 0.2) is 0 Å². The van der Waals surface area contributed by atoms with E-state index in [9.17, 15) is 4.79 Å². The predicted octanol–water partition coefficient (Wildman–Crippen LogP) is 1.72. The van der Waals surface area contributed by atoms with Gasteiger partial charge in [0.05, 0.1) is 0 Å². The number of amides is 1. The molecule has 0 atom stereocenters. The molecule has 88 valence electrons. The Bertz CT molecular complexity index is 349. The van der Waals surface area contributed by atoms with Gasteiger partial charge in [-0.3, -0.25) is 4.79 Å². The first-order chi connectivity index (χ1) is 7.42. The molecule has 3 nitrogen and oxygen atoms in total. The number of benzene rings is 1. The molecule has 3 heteroatoms. The lowest BCUT2D eigenvalue weighted by Gasteiger charge is -2.20. The van der Waals surface area contributed by atoms with Crippen LogP contribution in [0.2, 0.25) is 0 Å². The SMILES string of the molecule is CC(C)(C)NC(=O)c1ccc(CCN)cc1. The second kappa shape index (κ2) is 5.12. The molecule has 0 aliphatic rings. The highest BCUT2D eigenvalue weighted by molar-refractivity contribution is 5.94. The quantitative estimate of drug-likeness (QED) is 0.815. The summed E-state index contributed by atoms with van der Waals surface area (Å²) in [5, 5.41) is 2.92. The van der Waals surface area contributed by atoms with Crippen LogP contribution in [0.1, 0.15) is 36.7 Å². The van der Waals surface area contributed by atoms with Crippen molar-refractivity contribution >= 4 is 5.91 Å². The van der Waals surface area contributed by atoms with Crippen molar-refractivity contribution in [1.29, 1.82) is 0 Å². The molecule has 0 unspecified atom stereocenters. The monoisotopic (exact) mass is 220 g/mol. The molecule has 3 N–H and O–H groups in total. The molecule has 0 aliphatic heterocycles. The summed E-state index contributed by atoms with van der Waals surface area (Å²) in [7, 11) is 0. The molecule has 16 heavy (non-hydrogen) atoms.